The highest BCUT2D eigenvalue weighted by molar-refractivity contribution is 5.90. The van der Waals surface area contributed by atoms with Crippen molar-refractivity contribution in [1.82, 2.24) is 5.32 Å². The van der Waals surface area contributed by atoms with Crippen LogP contribution in [0.2, 0.25) is 0 Å². The summed E-state index contributed by atoms with van der Waals surface area (Å²) in [6.45, 7) is 4.98. The van der Waals surface area contributed by atoms with E-state index in [1.165, 1.54) is 33.8 Å². The lowest BCUT2D eigenvalue weighted by Gasteiger charge is -2.41. The molecule has 148 valence electrons. The predicted molar refractivity (Wildman–Crippen MR) is 82.2 cm³/mol. The van der Waals surface area contributed by atoms with Crippen LogP contribution in [0.1, 0.15) is 32.8 Å². The first-order valence-corrected chi connectivity index (χ1v) is 7.47. The van der Waals surface area contributed by atoms with Gasteiger partial charge in [0.25, 0.3) is 0 Å². The first-order valence-electron chi connectivity index (χ1n) is 7.47. The van der Waals surface area contributed by atoms with E-state index in [4.69, 9.17) is 0 Å². The summed E-state index contributed by atoms with van der Waals surface area (Å²) in [5.41, 5.74) is -5.84. The fourth-order valence-corrected chi connectivity index (χ4v) is 2.42. The predicted octanol–water partition coefficient (Wildman–Crippen LogP) is 5.56. The maximum atomic E-state index is 13.4. The molecule has 1 aromatic rings. The van der Waals surface area contributed by atoms with E-state index >= 15 is 0 Å². The molecule has 1 aromatic carbocycles. The monoisotopic (exact) mass is 388 g/mol. The zero-order chi connectivity index (χ0) is 20.6. The molecule has 26 heavy (non-hydrogen) atoms. The molecule has 0 spiro atoms. The maximum absolute atomic E-state index is 13.4. The molecule has 0 saturated carbocycles. The van der Waals surface area contributed by atoms with E-state index in [1.807, 2.05) is 5.32 Å². The Morgan fingerprint density at radius 1 is 1.00 bits per heavy atom. The van der Waals surface area contributed by atoms with Crippen LogP contribution in [0.5, 0.6) is 0 Å². The first-order chi connectivity index (χ1) is 11.5. The Hall–Kier alpha value is -2.00. The molecule has 0 aromatic heterocycles. The SMILES string of the molecule is Cc1ccc(F)cc1NC(=O)NC(CC(C)(C)C)(C(F)(F)F)C(F)(F)F. The number of hydrogen-bond acceptors (Lipinski definition) is 1. The second-order valence-electron chi connectivity index (χ2n) is 7.18. The van der Waals surface area contributed by atoms with Crippen molar-refractivity contribution in [3.63, 3.8) is 0 Å². The molecule has 0 fully saturated rings. The summed E-state index contributed by atoms with van der Waals surface area (Å²) in [5, 5.41) is 2.89. The topological polar surface area (TPSA) is 41.1 Å². The lowest BCUT2D eigenvalue weighted by Crippen LogP contribution is -2.69. The van der Waals surface area contributed by atoms with Crippen LogP contribution >= 0.6 is 0 Å². The molecule has 0 aliphatic rings. The average Bonchev–Trinajstić information content (AvgIpc) is 2.38. The van der Waals surface area contributed by atoms with Gasteiger partial charge in [0.2, 0.25) is 5.54 Å². The number of rotatable bonds is 3. The van der Waals surface area contributed by atoms with Crippen LogP contribution in [0, 0.1) is 18.2 Å². The van der Waals surface area contributed by atoms with Gasteiger partial charge in [-0.25, -0.2) is 9.18 Å². The Morgan fingerprint density at radius 2 is 1.50 bits per heavy atom. The lowest BCUT2D eigenvalue weighted by molar-refractivity contribution is -0.310. The molecule has 10 heteroatoms. The summed E-state index contributed by atoms with van der Waals surface area (Å²) < 4.78 is 93.7. The second-order valence-corrected chi connectivity index (χ2v) is 7.18. The number of anilines is 1. The van der Waals surface area contributed by atoms with E-state index in [9.17, 15) is 35.5 Å². The summed E-state index contributed by atoms with van der Waals surface area (Å²) in [6, 6.07) is 1.31. The first kappa shape index (κ1) is 22.0. The van der Waals surface area contributed by atoms with Gasteiger partial charge in [-0.1, -0.05) is 26.8 Å². The van der Waals surface area contributed by atoms with Gasteiger partial charge in [0, 0.05) is 5.69 Å². The molecular formula is C16H19F7N2O. The number of carbonyl (C=O) groups excluding carboxylic acids is 1. The van der Waals surface area contributed by atoms with Gasteiger partial charge >= 0.3 is 18.4 Å². The Balaban J connectivity index is 3.27. The van der Waals surface area contributed by atoms with Crippen LogP contribution in [0.3, 0.4) is 0 Å². The fraction of sp³-hybridized carbons (Fsp3) is 0.562. The number of nitrogens with one attached hydrogen (secondary N) is 2. The van der Waals surface area contributed by atoms with Gasteiger partial charge in [-0.3, -0.25) is 0 Å². The van der Waals surface area contributed by atoms with Crippen molar-refractivity contribution >= 4 is 11.7 Å². The molecule has 0 unspecified atom stereocenters. The van der Waals surface area contributed by atoms with Gasteiger partial charge in [-0.2, -0.15) is 26.3 Å². The number of alkyl halides is 6. The highest BCUT2D eigenvalue weighted by Crippen LogP contribution is 2.49. The Morgan fingerprint density at radius 3 is 1.92 bits per heavy atom. The summed E-state index contributed by atoms with van der Waals surface area (Å²) in [5.74, 6) is -0.807. The van der Waals surface area contributed by atoms with Crippen molar-refractivity contribution in [3.05, 3.63) is 29.6 Å². The van der Waals surface area contributed by atoms with E-state index in [-0.39, 0.29) is 11.3 Å². The fourth-order valence-electron chi connectivity index (χ4n) is 2.42. The standard InChI is InChI=1S/C16H19F7N2O/c1-9-5-6-10(17)7-11(9)24-12(26)25-14(15(18,19)20,16(21,22)23)8-13(2,3)4/h5-7H,8H2,1-4H3,(H2,24,25,26). The van der Waals surface area contributed by atoms with Crippen LogP contribution in [0.4, 0.5) is 41.2 Å². The van der Waals surface area contributed by atoms with Crippen LogP contribution in [0.25, 0.3) is 0 Å². The van der Waals surface area contributed by atoms with Gasteiger partial charge < -0.3 is 10.6 Å². The number of hydrogen-bond donors (Lipinski definition) is 2. The maximum Gasteiger partial charge on any atom is 0.420 e. The molecule has 2 amide bonds. The third-order valence-electron chi connectivity index (χ3n) is 3.54. The van der Waals surface area contributed by atoms with Crippen molar-refractivity contribution in [3.8, 4) is 0 Å². The van der Waals surface area contributed by atoms with E-state index in [0.717, 1.165) is 17.4 Å². The molecule has 0 aliphatic carbocycles. The van der Waals surface area contributed by atoms with Crippen LogP contribution in [0.15, 0.2) is 18.2 Å². The summed E-state index contributed by atoms with van der Waals surface area (Å²) in [7, 11) is 0. The number of amides is 2. The normalized spacial score (nSPS) is 13.5. The van der Waals surface area contributed by atoms with Crippen LogP contribution < -0.4 is 10.6 Å². The van der Waals surface area contributed by atoms with Gasteiger partial charge in [0.05, 0.1) is 0 Å². The molecule has 0 atom stereocenters. The van der Waals surface area contributed by atoms with Crippen molar-refractivity contribution in [2.24, 2.45) is 5.41 Å². The third-order valence-corrected chi connectivity index (χ3v) is 3.54. The minimum Gasteiger partial charge on any atom is -0.316 e. The van der Waals surface area contributed by atoms with Gasteiger partial charge in [-0.15, -0.1) is 0 Å². The molecular weight excluding hydrogens is 369 g/mol. The lowest BCUT2D eigenvalue weighted by atomic mass is 9.78. The minimum absolute atomic E-state index is 0.239. The number of carbonyl (C=O) groups is 1. The summed E-state index contributed by atoms with van der Waals surface area (Å²) >= 11 is 0. The Kier molecular flexibility index (Phi) is 5.90. The van der Waals surface area contributed by atoms with E-state index in [1.54, 1.807) is 0 Å². The molecule has 1 rings (SSSR count). The minimum atomic E-state index is -5.80. The molecule has 2 N–H and O–H groups in total. The highest BCUT2D eigenvalue weighted by atomic mass is 19.4. The molecule has 0 saturated heterocycles. The van der Waals surface area contributed by atoms with Crippen molar-refractivity contribution < 1.29 is 35.5 Å². The molecule has 0 heterocycles. The zero-order valence-electron chi connectivity index (χ0n) is 14.5. The van der Waals surface area contributed by atoms with Crippen molar-refractivity contribution in [1.29, 1.82) is 0 Å². The molecule has 0 bridgehead atoms. The zero-order valence-corrected chi connectivity index (χ0v) is 14.5. The second kappa shape index (κ2) is 6.96. The number of urea groups is 1. The van der Waals surface area contributed by atoms with Crippen LogP contribution in [-0.4, -0.2) is 23.9 Å². The van der Waals surface area contributed by atoms with Crippen LogP contribution in [-0.2, 0) is 0 Å². The molecule has 3 nitrogen and oxygen atoms in total. The van der Waals surface area contributed by atoms with Crippen molar-refractivity contribution in [2.75, 3.05) is 5.32 Å². The Labute approximate surface area is 146 Å². The quantitative estimate of drug-likeness (QED) is 0.655. The number of halogens is 7. The molecule has 0 aliphatic heterocycles. The van der Waals surface area contributed by atoms with Crippen molar-refractivity contribution in [2.45, 2.75) is 52.0 Å². The van der Waals surface area contributed by atoms with E-state index < -0.39 is 41.6 Å². The number of benzene rings is 1. The van der Waals surface area contributed by atoms with Gasteiger partial charge in [0.15, 0.2) is 0 Å². The smallest absolute Gasteiger partial charge is 0.316 e. The highest BCUT2D eigenvalue weighted by Gasteiger charge is 2.72. The van der Waals surface area contributed by atoms with Gasteiger partial charge in [-0.05, 0) is 36.5 Å². The summed E-state index contributed by atoms with van der Waals surface area (Å²) in [6.07, 6.45) is -13.0. The Bertz CT molecular complexity index is 646. The van der Waals surface area contributed by atoms with Gasteiger partial charge in [0.1, 0.15) is 5.82 Å². The molecule has 0 radical (unpaired) electrons. The summed E-state index contributed by atoms with van der Waals surface area (Å²) in [4.78, 5) is 11.9. The van der Waals surface area contributed by atoms with E-state index in [2.05, 4.69) is 0 Å². The largest absolute Gasteiger partial charge is 0.420 e. The number of aryl methyl sites for hydroxylation is 1. The van der Waals surface area contributed by atoms with E-state index in [0.29, 0.717) is 0 Å². The third kappa shape index (κ3) is 5.01. The average molecular weight is 388 g/mol.